The number of carbonyl (C=O) groups is 10. The topological polar surface area (TPSA) is 370 Å². The van der Waals surface area contributed by atoms with Gasteiger partial charge in [0.05, 0.1) is 97.9 Å². The van der Waals surface area contributed by atoms with Gasteiger partial charge in [0, 0.05) is 65.3 Å². The number of amides is 5. The summed E-state index contributed by atoms with van der Waals surface area (Å²) in [5.41, 5.74) is 3.76. The van der Waals surface area contributed by atoms with Crippen LogP contribution in [-0.2, 0) is 120 Å². The number of hydrogen-bond acceptors (Lipinski definition) is 23. The van der Waals surface area contributed by atoms with Crippen LogP contribution in [0.25, 0.3) is 0 Å². The molecule has 5 aliphatic rings. The van der Waals surface area contributed by atoms with E-state index < -0.39 is 101 Å². The van der Waals surface area contributed by atoms with Crippen molar-refractivity contribution in [2.75, 3.05) is 54.1 Å². The lowest BCUT2D eigenvalue weighted by atomic mass is 10.0. The quantitative estimate of drug-likeness (QED) is 0.0277. The van der Waals surface area contributed by atoms with E-state index in [0.717, 1.165) is 38.3 Å². The van der Waals surface area contributed by atoms with Crippen LogP contribution in [0.15, 0.2) is 158 Å². The number of aryl methyl sites for hydroxylation is 1. The minimum atomic E-state index is -1.12. The molecule has 0 aliphatic carbocycles. The van der Waals surface area contributed by atoms with E-state index >= 15 is 0 Å². The minimum absolute atomic E-state index is 0.00583. The van der Waals surface area contributed by atoms with Crippen LogP contribution in [-0.4, -0.2) is 233 Å². The molecule has 5 aliphatic heterocycles. The molecule has 5 amide bonds. The van der Waals surface area contributed by atoms with Crippen molar-refractivity contribution in [1.82, 2.24) is 30.2 Å². The van der Waals surface area contributed by atoms with Crippen molar-refractivity contribution in [2.45, 2.75) is 224 Å². The number of carbonyl (C=O) groups excluding carboxylic acids is 8. The van der Waals surface area contributed by atoms with Crippen LogP contribution < -0.4 is 10.6 Å². The van der Waals surface area contributed by atoms with Crippen LogP contribution in [0.1, 0.15) is 134 Å². The predicted molar refractivity (Wildman–Crippen MR) is 456 cm³/mol. The van der Waals surface area contributed by atoms with Crippen LogP contribution in [0, 0.1) is 0 Å². The summed E-state index contributed by atoms with van der Waals surface area (Å²) in [6.45, 7) is 18.6. The molecule has 34 heteroatoms. The Morgan fingerprint density at radius 2 is 0.732 bits per heavy atom. The van der Waals surface area contributed by atoms with Crippen molar-refractivity contribution < 1.29 is 115 Å². The number of nitrogens with zero attached hydrogens (tertiary/aromatic N) is 4. The van der Waals surface area contributed by atoms with E-state index in [4.69, 9.17) is 98.9 Å². The number of carboxylic acid groups (broad SMARTS) is 2. The number of aliphatic hydroxyl groups excluding tert-OH is 1. The number of hydrogen-bond donors (Lipinski definition) is 5. The number of aliphatic hydroxyl groups is 1. The number of nitrogens with one attached hydrogen (secondary N) is 2. The number of likely N-dealkylation sites (tertiary alicyclic amines) is 4. The second-order valence-corrected chi connectivity index (χ2v) is 34.3. The molecule has 0 bridgehead atoms. The van der Waals surface area contributed by atoms with Crippen molar-refractivity contribution in [1.29, 1.82) is 0 Å². The molecule has 11 atom stereocenters. The summed E-state index contributed by atoms with van der Waals surface area (Å²) in [5.74, 6) is -3.79. The number of β-amino-alcohol motifs (C(OH)–C–C–N with tert-alkyl or cyclic N) is 1. The van der Waals surface area contributed by atoms with Crippen molar-refractivity contribution in [3.8, 4) is 0 Å². The average Bonchev–Trinajstić information content (AvgIpc) is 1.70. The first-order valence-electron chi connectivity index (χ1n) is 40.0. The number of methoxy groups -OCH3 is 3. The van der Waals surface area contributed by atoms with Gasteiger partial charge in [-0.2, -0.15) is 0 Å². The Bertz CT molecular complexity index is 4390. The zero-order valence-electron chi connectivity index (χ0n) is 71.1. The molecule has 5 fully saturated rings. The number of ether oxygens (including phenoxy) is 11. The van der Waals surface area contributed by atoms with Gasteiger partial charge in [0.1, 0.15) is 59.7 Å². The maximum Gasteiger partial charge on any atom is 0.411 e. The summed E-state index contributed by atoms with van der Waals surface area (Å²) in [5, 5.41) is 36.0. The first-order valence-corrected chi connectivity index (χ1v) is 41.5. The molecule has 0 radical (unpaired) electrons. The maximum atomic E-state index is 13.8. The normalized spacial score (nSPS) is 20.5. The highest BCUT2D eigenvalue weighted by atomic mass is 35.5. The van der Waals surface area contributed by atoms with Gasteiger partial charge in [-0.05, 0) is 157 Å². The Morgan fingerprint density at radius 1 is 0.407 bits per heavy atom. The minimum Gasteiger partial charge on any atom is -0.480 e. The van der Waals surface area contributed by atoms with E-state index in [-0.39, 0.29) is 94.4 Å². The molecule has 5 heterocycles. The molecule has 0 aromatic heterocycles. The Hall–Kier alpha value is -9.86. The lowest BCUT2D eigenvalue weighted by Crippen LogP contribution is -2.52. The lowest BCUT2D eigenvalue weighted by molar-refractivity contribution is -0.151. The van der Waals surface area contributed by atoms with Gasteiger partial charge in [0.25, 0.3) is 0 Å². The molecule has 6 aromatic rings. The summed E-state index contributed by atoms with van der Waals surface area (Å²) in [7, 11) is 3.99. The largest absolute Gasteiger partial charge is 0.480 e. The van der Waals surface area contributed by atoms with Gasteiger partial charge in [0.2, 0.25) is 5.91 Å². The average molecular weight is 1790 g/mol. The smallest absolute Gasteiger partial charge is 0.411 e. The van der Waals surface area contributed by atoms with Gasteiger partial charge in [0.15, 0.2) is 0 Å². The van der Waals surface area contributed by atoms with Gasteiger partial charge < -0.3 is 83.0 Å². The summed E-state index contributed by atoms with van der Waals surface area (Å²) in [4.78, 5) is 126. The molecule has 5 saturated heterocycles. The molecule has 670 valence electrons. The van der Waals surface area contributed by atoms with Crippen molar-refractivity contribution in [3.63, 3.8) is 0 Å². The molecule has 5 N–H and O–H groups in total. The SMILES string of the molecule is CC(C)(C)OC(=O)N1C[C@H](O)C[C@H]1C(=O)O.CC(C)(C)OC(=O)N1C[C@H](OCc2ccc(Cl)cc2)C[C@H]1C(=O)O.COC(=O)[C@@H]1C[C@@H](OCc2ccc(Cl)cc2)CN1.COC(=O)[C@@H]1C[C@@H](OCc2ccc(Cl)cc2)CN1C(=O)OC(C)(C)C.COC(=O)[C@@H]1C[C@@H](OCc2ccc(Cl)cc2)CN1C(=O)[C@@H](CCc1ccccc1)NC(=O)OCc1ccccc1. The Morgan fingerprint density at radius 3 is 1.11 bits per heavy atom. The zero-order chi connectivity index (χ0) is 90.3. The van der Waals surface area contributed by atoms with Crippen LogP contribution >= 0.6 is 46.4 Å². The fourth-order valence-corrected chi connectivity index (χ4v) is 13.7. The van der Waals surface area contributed by atoms with Crippen molar-refractivity contribution in [2.24, 2.45) is 0 Å². The third-order valence-corrected chi connectivity index (χ3v) is 20.3. The lowest BCUT2D eigenvalue weighted by Gasteiger charge is -2.27. The summed E-state index contributed by atoms with van der Waals surface area (Å²) >= 11 is 23.5. The van der Waals surface area contributed by atoms with Gasteiger partial charge in [-0.1, -0.05) is 156 Å². The van der Waals surface area contributed by atoms with E-state index in [1.165, 1.54) is 36.0 Å². The van der Waals surface area contributed by atoms with E-state index in [2.05, 4.69) is 15.4 Å². The van der Waals surface area contributed by atoms with Gasteiger partial charge in [-0.25, -0.2) is 38.4 Å². The predicted octanol–water partition coefficient (Wildman–Crippen LogP) is 13.9. The monoisotopic (exact) mass is 1790 g/mol. The van der Waals surface area contributed by atoms with Crippen molar-refractivity contribution >= 4 is 107 Å². The van der Waals surface area contributed by atoms with E-state index in [9.17, 15) is 58.2 Å². The maximum absolute atomic E-state index is 13.8. The molecule has 0 unspecified atom stereocenters. The molecule has 0 saturated carbocycles. The highest BCUT2D eigenvalue weighted by Gasteiger charge is 2.47. The fourth-order valence-electron chi connectivity index (χ4n) is 13.2. The van der Waals surface area contributed by atoms with Crippen LogP contribution in [0.2, 0.25) is 20.1 Å². The Kier molecular flexibility index (Phi) is 39.5. The standard InChI is InChI=1S/C31H33ClN2O6.C18H24ClNO5.C17H22ClNO5.C13H16ClNO3.C10H17NO5/c1-38-30(36)28-18-26(39-20-24-12-15-25(32)16-13-24)19-34(28)29(35)27(17-14-22-8-4-2-5-9-22)33-31(37)40-21-23-10-6-3-7-11-23;1-18(2,3)25-17(22)20-10-14(9-15(20)16(21)23-4)24-11-12-5-7-13(19)8-6-12;1-17(2,3)24-16(22)19-9-13(8-14(19)15(20)21)23-10-11-4-6-12(18)7-5-11;1-17-13(16)12-6-11(7-15-12)18-8-9-2-4-10(14)5-3-9;1-10(2,3)16-9(15)11-5-6(12)4-7(11)8(13)14/h2-13,15-16,26-28H,14,17-21H2,1H3,(H,33,37);5-8,14-15H,9-11H2,1-4H3;4-7,13-14H,8-10H2,1-3H3,(H,20,21);2-5,11-12,15H,6-8H2,1H3;6-7,12H,4-5H2,1-3H3,(H,13,14)/t26-,27-,28+;14-,15+;13-,14+;11-,12+;6-,7+/m11111/s1. The fraction of sp³-hybridized carbons (Fsp3) is 0.483. The highest BCUT2D eigenvalue weighted by molar-refractivity contribution is 6.31. The van der Waals surface area contributed by atoms with Crippen molar-refractivity contribution in [3.05, 3.63) is 211 Å². The Labute approximate surface area is 737 Å². The second kappa shape index (κ2) is 48.4. The summed E-state index contributed by atoms with van der Waals surface area (Å²) in [6, 6.07) is 43.7. The number of benzene rings is 6. The molecular formula is C89H112Cl4N6O24. The van der Waals surface area contributed by atoms with Crippen LogP contribution in [0.5, 0.6) is 0 Å². The number of alkyl carbamates (subject to hydrolysis) is 1. The molecule has 11 rings (SSSR count). The summed E-state index contributed by atoms with van der Waals surface area (Å²) < 4.78 is 59.0. The zero-order valence-corrected chi connectivity index (χ0v) is 74.1. The van der Waals surface area contributed by atoms with Crippen LogP contribution in [0.3, 0.4) is 0 Å². The first kappa shape index (κ1) is 100. The van der Waals surface area contributed by atoms with E-state index in [0.29, 0.717) is 78.7 Å². The van der Waals surface area contributed by atoms with Gasteiger partial charge in [-0.15, -0.1) is 0 Å². The number of carboxylic acids is 2. The number of rotatable bonds is 24. The number of halogens is 4. The number of aliphatic carboxylic acids is 2. The third-order valence-electron chi connectivity index (χ3n) is 19.3. The highest BCUT2D eigenvalue weighted by Crippen LogP contribution is 2.30. The second-order valence-electron chi connectivity index (χ2n) is 32.5. The molecule has 6 aromatic carbocycles. The van der Waals surface area contributed by atoms with Gasteiger partial charge in [-0.3, -0.25) is 24.3 Å². The van der Waals surface area contributed by atoms with E-state index in [1.807, 2.05) is 121 Å². The molecule has 0 spiro atoms. The molecule has 123 heavy (non-hydrogen) atoms. The van der Waals surface area contributed by atoms with Gasteiger partial charge >= 0.3 is 54.2 Å². The first-order chi connectivity index (χ1) is 58.2. The Balaban J connectivity index is 0.000000220. The summed E-state index contributed by atoms with van der Waals surface area (Å²) in [6.07, 6.45) is -1.87. The number of esters is 3. The molecular weight excluding hydrogens is 1680 g/mol. The van der Waals surface area contributed by atoms with Crippen LogP contribution in [0.4, 0.5) is 19.2 Å². The third kappa shape index (κ3) is 34.7. The van der Waals surface area contributed by atoms with E-state index in [1.54, 1.807) is 98.7 Å². The molecule has 30 nitrogen and oxygen atoms in total.